The molecule has 3 N–H and O–H groups in total. The number of aryl methyl sites for hydroxylation is 1. The molecule has 0 amide bonds. The van der Waals surface area contributed by atoms with Crippen LogP contribution in [-0.2, 0) is 16.0 Å². The van der Waals surface area contributed by atoms with E-state index in [2.05, 4.69) is 0 Å². The largest absolute Gasteiger partial charge is 0.481 e. The molecule has 1 rings (SSSR count). The van der Waals surface area contributed by atoms with Gasteiger partial charge in [0.25, 0.3) is 0 Å². The average Bonchev–Trinajstić information content (AvgIpc) is 2.52. The Balaban J connectivity index is 2.16. The van der Waals surface area contributed by atoms with Gasteiger partial charge >= 0.3 is 11.9 Å². The molecule has 0 radical (unpaired) electrons. The van der Waals surface area contributed by atoms with Crippen molar-refractivity contribution < 1.29 is 24.9 Å². The topological polar surface area (TPSA) is 94.8 Å². The standard InChI is InChI=1S/C17H22Cl2O5S/c18-13-7-6-12(9-14(13)19)5-3-1-2-4-8-25-11-17(24,16(22)23)10-15(20)21/h6-7,9,24H,1-5,8,10-11H2,(H,20,21)(H,22,23)/t17-/m0/s1. The van der Waals surface area contributed by atoms with Crippen LogP contribution in [0.2, 0.25) is 10.0 Å². The number of thioether (sulfide) groups is 1. The number of hydrogen-bond donors (Lipinski definition) is 3. The van der Waals surface area contributed by atoms with Gasteiger partial charge in [0.2, 0.25) is 0 Å². The summed E-state index contributed by atoms with van der Waals surface area (Å²) in [5.74, 6) is -2.27. The summed E-state index contributed by atoms with van der Waals surface area (Å²) in [5.41, 5.74) is -1.06. The van der Waals surface area contributed by atoms with Gasteiger partial charge in [-0.1, -0.05) is 42.1 Å². The maximum absolute atomic E-state index is 11.0. The first-order valence-electron chi connectivity index (χ1n) is 7.94. The van der Waals surface area contributed by atoms with E-state index < -0.39 is 24.0 Å². The van der Waals surface area contributed by atoms with Crippen LogP contribution in [0, 0.1) is 0 Å². The number of benzene rings is 1. The normalized spacial score (nSPS) is 13.4. The second kappa shape index (κ2) is 10.9. The SMILES string of the molecule is O=C(O)C[C@](O)(CSCCCCCCc1ccc(Cl)c(Cl)c1)C(=O)O. The first-order chi connectivity index (χ1) is 11.7. The van der Waals surface area contributed by atoms with Gasteiger partial charge in [0.15, 0.2) is 5.60 Å². The third-order valence-electron chi connectivity index (χ3n) is 3.67. The minimum Gasteiger partial charge on any atom is -0.481 e. The van der Waals surface area contributed by atoms with Crippen molar-refractivity contribution in [2.24, 2.45) is 0 Å². The Morgan fingerprint density at radius 1 is 1.04 bits per heavy atom. The van der Waals surface area contributed by atoms with Crippen LogP contribution in [0.15, 0.2) is 18.2 Å². The molecule has 0 unspecified atom stereocenters. The van der Waals surface area contributed by atoms with E-state index in [-0.39, 0.29) is 5.75 Å². The molecule has 140 valence electrons. The van der Waals surface area contributed by atoms with Crippen LogP contribution < -0.4 is 0 Å². The van der Waals surface area contributed by atoms with Crippen molar-refractivity contribution in [3.63, 3.8) is 0 Å². The molecule has 5 nitrogen and oxygen atoms in total. The monoisotopic (exact) mass is 408 g/mol. The quantitative estimate of drug-likeness (QED) is 0.450. The van der Waals surface area contributed by atoms with Gasteiger partial charge in [0, 0.05) is 5.75 Å². The Morgan fingerprint density at radius 2 is 1.72 bits per heavy atom. The lowest BCUT2D eigenvalue weighted by atomic mass is 10.0. The number of carboxylic acids is 2. The van der Waals surface area contributed by atoms with E-state index in [0.717, 1.165) is 37.7 Å². The average molecular weight is 409 g/mol. The highest BCUT2D eigenvalue weighted by Crippen LogP contribution is 2.24. The maximum atomic E-state index is 11.0. The van der Waals surface area contributed by atoms with Crippen LogP contribution in [0.4, 0.5) is 0 Å². The van der Waals surface area contributed by atoms with E-state index in [1.165, 1.54) is 11.8 Å². The van der Waals surface area contributed by atoms with E-state index in [1.807, 2.05) is 12.1 Å². The van der Waals surface area contributed by atoms with E-state index in [0.29, 0.717) is 15.8 Å². The van der Waals surface area contributed by atoms with Crippen LogP contribution in [0.5, 0.6) is 0 Å². The van der Waals surface area contributed by atoms with Crippen molar-refractivity contribution in [1.29, 1.82) is 0 Å². The zero-order chi connectivity index (χ0) is 18.9. The van der Waals surface area contributed by atoms with E-state index in [9.17, 15) is 14.7 Å². The molecule has 0 saturated heterocycles. The zero-order valence-electron chi connectivity index (χ0n) is 13.7. The molecule has 0 spiro atoms. The van der Waals surface area contributed by atoms with Gasteiger partial charge in [-0.2, -0.15) is 11.8 Å². The maximum Gasteiger partial charge on any atom is 0.337 e. The van der Waals surface area contributed by atoms with Gasteiger partial charge < -0.3 is 15.3 Å². The van der Waals surface area contributed by atoms with Gasteiger partial charge in [0.1, 0.15) is 0 Å². The number of rotatable bonds is 12. The van der Waals surface area contributed by atoms with Gasteiger partial charge in [-0.05, 0) is 42.7 Å². The summed E-state index contributed by atoms with van der Waals surface area (Å²) in [6.45, 7) is 0. The van der Waals surface area contributed by atoms with Gasteiger partial charge in [0.05, 0.1) is 16.5 Å². The summed E-state index contributed by atoms with van der Waals surface area (Å²) in [7, 11) is 0. The van der Waals surface area contributed by atoms with Crippen molar-refractivity contribution in [2.45, 2.75) is 44.1 Å². The van der Waals surface area contributed by atoms with Crippen molar-refractivity contribution in [3.05, 3.63) is 33.8 Å². The molecule has 0 aromatic heterocycles. The lowest BCUT2D eigenvalue weighted by molar-refractivity contribution is -0.162. The van der Waals surface area contributed by atoms with Gasteiger partial charge in [-0.25, -0.2) is 4.79 Å². The molecular formula is C17H22Cl2O5S. The summed E-state index contributed by atoms with van der Waals surface area (Å²) >= 11 is 13.1. The summed E-state index contributed by atoms with van der Waals surface area (Å²) < 4.78 is 0. The summed E-state index contributed by atoms with van der Waals surface area (Å²) in [5, 5.41) is 28.6. The second-order valence-electron chi connectivity index (χ2n) is 5.87. The minimum atomic E-state index is -2.20. The van der Waals surface area contributed by atoms with Crippen molar-refractivity contribution in [3.8, 4) is 0 Å². The Labute approximate surface area is 161 Å². The number of carbonyl (C=O) groups is 2. The highest BCUT2D eigenvalue weighted by molar-refractivity contribution is 7.99. The molecule has 0 fully saturated rings. The van der Waals surface area contributed by atoms with Crippen molar-refractivity contribution in [2.75, 3.05) is 11.5 Å². The second-order valence-corrected chi connectivity index (χ2v) is 7.79. The Hall–Kier alpha value is -0.950. The van der Waals surface area contributed by atoms with Crippen LogP contribution in [0.25, 0.3) is 0 Å². The fourth-order valence-corrected chi connectivity index (χ4v) is 3.70. The third-order valence-corrected chi connectivity index (χ3v) is 5.67. The molecule has 1 aromatic carbocycles. The molecule has 8 heteroatoms. The molecule has 0 saturated carbocycles. The predicted octanol–water partition coefficient (Wildman–Crippen LogP) is 4.12. The predicted molar refractivity (Wildman–Crippen MR) is 101 cm³/mol. The van der Waals surface area contributed by atoms with E-state index in [4.69, 9.17) is 33.4 Å². The number of hydrogen-bond acceptors (Lipinski definition) is 4. The lowest BCUT2D eigenvalue weighted by Crippen LogP contribution is -2.43. The highest BCUT2D eigenvalue weighted by atomic mass is 35.5. The van der Waals surface area contributed by atoms with Gasteiger partial charge in [-0.15, -0.1) is 0 Å². The first-order valence-corrected chi connectivity index (χ1v) is 9.85. The third kappa shape index (κ3) is 8.31. The fraction of sp³-hybridized carbons (Fsp3) is 0.529. The zero-order valence-corrected chi connectivity index (χ0v) is 16.0. The van der Waals surface area contributed by atoms with Crippen molar-refractivity contribution in [1.82, 2.24) is 0 Å². The van der Waals surface area contributed by atoms with Gasteiger partial charge in [-0.3, -0.25) is 4.79 Å². The summed E-state index contributed by atoms with van der Waals surface area (Å²) in [6.07, 6.45) is 4.04. The lowest BCUT2D eigenvalue weighted by Gasteiger charge is -2.20. The number of unbranched alkanes of at least 4 members (excludes halogenated alkanes) is 3. The molecule has 0 aliphatic carbocycles. The number of aliphatic carboxylic acids is 2. The first kappa shape index (κ1) is 22.1. The van der Waals surface area contributed by atoms with Crippen LogP contribution >= 0.6 is 35.0 Å². The molecule has 0 bridgehead atoms. The fourth-order valence-electron chi connectivity index (χ4n) is 2.26. The number of carboxylic acid groups (broad SMARTS) is 2. The highest BCUT2D eigenvalue weighted by Gasteiger charge is 2.38. The molecule has 1 atom stereocenters. The molecule has 25 heavy (non-hydrogen) atoms. The van der Waals surface area contributed by atoms with E-state index in [1.54, 1.807) is 6.07 Å². The summed E-state index contributed by atoms with van der Waals surface area (Å²) in [6, 6.07) is 5.62. The van der Waals surface area contributed by atoms with Crippen molar-refractivity contribution >= 4 is 46.9 Å². The summed E-state index contributed by atoms with van der Waals surface area (Å²) in [4.78, 5) is 21.6. The van der Waals surface area contributed by atoms with Crippen LogP contribution in [0.1, 0.15) is 37.7 Å². The molecule has 0 aliphatic heterocycles. The molecule has 0 heterocycles. The molecule has 0 aliphatic rings. The molecular weight excluding hydrogens is 387 g/mol. The van der Waals surface area contributed by atoms with E-state index >= 15 is 0 Å². The Morgan fingerprint density at radius 3 is 2.32 bits per heavy atom. The van der Waals surface area contributed by atoms with Crippen LogP contribution in [0.3, 0.4) is 0 Å². The minimum absolute atomic E-state index is 0.127. The Kier molecular flexibility index (Phi) is 9.64. The van der Waals surface area contributed by atoms with Crippen LogP contribution in [-0.4, -0.2) is 44.4 Å². The Bertz CT molecular complexity index is 596. The number of aliphatic hydroxyl groups is 1. The number of halogens is 2. The smallest absolute Gasteiger partial charge is 0.337 e. The molecule has 1 aromatic rings.